The number of para-hydroxylation sites is 2. The Labute approximate surface area is 159 Å². The third-order valence-corrected chi connectivity index (χ3v) is 4.21. The Bertz CT molecular complexity index is 744. The van der Waals surface area contributed by atoms with E-state index < -0.39 is 0 Å². The molecule has 1 fully saturated rings. The molecule has 6 heteroatoms. The Morgan fingerprint density at radius 1 is 1.19 bits per heavy atom. The number of carbonyl (C=O) groups excluding carboxylic acids is 1. The Morgan fingerprint density at radius 3 is 2.89 bits per heavy atom. The van der Waals surface area contributed by atoms with E-state index >= 15 is 0 Å². The van der Waals surface area contributed by atoms with Crippen molar-refractivity contribution in [2.24, 2.45) is 0 Å². The van der Waals surface area contributed by atoms with Crippen LogP contribution in [-0.4, -0.2) is 38.4 Å². The molecule has 1 atom stereocenters. The van der Waals surface area contributed by atoms with Crippen molar-refractivity contribution in [3.8, 4) is 11.5 Å². The molecule has 1 unspecified atom stereocenters. The highest BCUT2D eigenvalue weighted by atomic mass is 16.5. The first kappa shape index (κ1) is 19.0. The molecular weight excluding hydrogens is 344 g/mol. The highest BCUT2D eigenvalue weighted by Crippen LogP contribution is 2.24. The maximum atomic E-state index is 12.2. The van der Waals surface area contributed by atoms with Crippen molar-refractivity contribution < 1.29 is 19.0 Å². The van der Waals surface area contributed by atoms with Gasteiger partial charge >= 0.3 is 0 Å². The van der Waals surface area contributed by atoms with Crippen LogP contribution in [0.2, 0.25) is 0 Å². The topological polar surface area (TPSA) is 68.8 Å². The predicted molar refractivity (Wildman–Crippen MR) is 106 cm³/mol. The fraction of sp³-hybridized carbons (Fsp3) is 0.381. The molecule has 2 N–H and O–H groups in total. The number of amides is 1. The van der Waals surface area contributed by atoms with Gasteiger partial charge in [0.1, 0.15) is 18.1 Å². The first-order chi connectivity index (χ1) is 13.2. The molecule has 0 bridgehead atoms. The van der Waals surface area contributed by atoms with Crippen LogP contribution < -0.4 is 20.1 Å². The maximum Gasteiger partial charge on any atom is 0.243 e. The lowest BCUT2D eigenvalue weighted by Crippen LogP contribution is -2.22. The fourth-order valence-corrected chi connectivity index (χ4v) is 2.89. The summed E-state index contributed by atoms with van der Waals surface area (Å²) in [6.45, 7) is 3.98. The number of hydrogen-bond donors (Lipinski definition) is 2. The largest absolute Gasteiger partial charge is 0.492 e. The average molecular weight is 370 g/mol. The molecule has 144 valence electrons. The highest BCUT2D eigenvalue weighted by molar-refractivity contribution is 5.95. The van der Waals surface area contributed by atoms with Crippen molar-refractivity contribution in [1.82, 2.24) is 0 Å². The predicted octanol–water partition coefficient (Wildman–Crippen LogP) is 3.69. The number of nitrogens with one attached hydrogen (secondary N) is 2. The quantitative estimate of drug-likeness (QED) is 0.704. The zero-order valence-corrected chi connectivity index (χ0v) is 15.6. The fourth-order valence-electron chi connectivity index (χ4n) is 2.89. The van der Waals surface area contributed by atoms with Crippen molar-refractivity contribution in [3.05, 3.63) is 48.5 Å². The lowest BCUT2D eigenvalue weighted by atomic mass is 10.2. The van der Waals surface area contributed by atoms with Crippen LogP contribution in [0.3, 0.4) is 0 Å². The van der Waals surface area contributed by atoms with Gasteiger partial charge < -0.3 is 24.8 Å². The lowest BCUT2D eigenvalue weighted by molar-refractivity contribution is -0.114. The molecule has 27 heavy (non-hydrogen) atoms. The zero-order chi connectivity index (χ0) is 18.9. The first-order valence-corrected chi connectivity index (χ1v) is 9.34. The second kappa shape index (κ2) is 9.83. The molecular formula is C21H26N2O4. The number of carbonyl (C=O) groups is 1. The summed E-state index contributed by atoms with van der Waals surface area (Å²) >= 11 is 0. The molecule has 1 aliphatic heterocycles. The number of rotatable bonds is 9. The third kappa shape index (κ3) is 5.89. The van der Waals surface area contributed by atoms with Crippen molar-refractivity contribution in [3.63, 3.8) is 0 Å². The van der Waals surface area contributed by atoms with Crippen molar-refractivity contribution in [2.45, 2.75) is 25.9 Å². The standard InChI is InChI=1S/C21H26N2O4/c1-2-25-20-11-4-3-10-19(20)23-21(24)14-22-16-7-5-8-17(13-16)27-15-18-9-6-12-26-18/h3-5,7-8,10-11,13,18,22H,2,6,9,12,14-15H2,1H3,(H,23,24). The molecule has 0 aliphatic carbocycles. The summed E-state index contributed by atoms with van der Waals surface area (Å²) < 4.78 is 16.9. The summed E-state index contributed by atoms with van der Waals surface area (Å²) in [5.41, 5.74) is 1.49. The van der Waals surface area contributed by atoms with Gasteiger partial charge in [0.15, 0.2) is 0 Å². The van der Waals surface area contributed by atoms with Gasteiger partial charge in [-0.15, -0.1) is 0 Å². The van der Waals surface area contributed by atoms with E-state index in [2.05, 4.69) is 10.6 Å². The number of ether oxygens (including phenoxy) is 3. The van der Waals surface area contributed by atoms with Crippen LogP contribution in [0.5, 0.6) is 11.5 Å². The molecule has 2 aromatic rings. The molecule has 1 heterocycles. The Kier molecular flexibility index (Phi) is 6.93. The normalized spacial score (nSPS) is 16.0. The maximum absolute atomic E-state index is 12.2. The minimum atomic E-state index is -0.146. The van der Waals surface area contributed by atoms with Gasteiger partial charge in [-0.1, -0.05) is 18.2 Å². The summed E-state index contributed by atoms with van der Waals surface area (Å²) in [5.74, 6) is 1.28. The molecule has 0 saturated carbocycles. The Balaban J connectivity index is 1.49. The van der Waals surface area contributed by atoms with E-state index in [4.69, 9.17) is 14.2 Å². The summed E-state index contributed by atoms with van der Waals surface area (Å²) in [6, 6.07) is 15.0. The highest BCUT2D eigenvalue weighted by Gasteiger charge is 2.16. The van der Waals surface area contributed by atoms with E-state index in [-0.39, 0.29) is 18.6 Å². The molecule has 2 aromatic carbocycles. The SMILES string of the molecule is CCOc1ccccc1NC(=O)CNc1cccc(OCC2CCCO2)c1. The van der Waals surface area contributed by atoms with Crippen molar-refractivity contribution in [1.29, 1.82) is 0 Å². The molecule has 1 amide bonds. The number of anilines is 2. The van der Waals surface area contributed by atoms with Gasteiger partial charge in [-0.25, -0.2) is 0 Å². The van der Waals surface area contributed by atoms with E-state index in [1.54, 1.807) is 0 Å². The molecule has 1 saturated heterocycles. The van der Waals surface area contributed by atoms with Crippen LogP contribution in [0, 0.1) is 0 Å². The van der Waals surface area contributed by atoms with Gasteiger partial charge in [-0.3, -0.25) is 4.79 Å². The van der Waals surface area contributed by atoms with E-state index in [0.29, 0.717) is 24.7 Å². The van der Waals surface area contributed by atoms with E-state index in [9.17, 15) is 4.79 Å². The van der Waals surface area contributed by atoms with Crippen molar-refractivity contribution >= 4 is 17.3 Å². The summed E-state index contributed by atoms with van der Waals surface area (Å²) in [5, 5.41) is 5.99. The molecule has 0 aromatic heterocycles. The number of hydrogen-bond acceptors (Lipinski definition) is 5. The zero-order valence-electron chi connectivity index (χ0n) is 15.6. The summed E-state index contributed by atoms with van der Waals surface area (Å²) in [4.78, 5) is 12.2. The van der Waals surface area contributed by atoms with Crippen LogP contribution in [0.1, 0.15) is 19.8 Å². The van der Waals surface area contributed by atoms with Gasteiger partial charge in [-0.05, 0) is 44.0 Å². The van der Waals surface area contributed by atoms with E-state index in [0.717, 1.165) is 30.9 Å². The van der Waals surface area contributed by atoms with E-state index in [1.165, 1.54) is 0 Å². The van der Waals surface area contributed by atoms with Crippen LogP contribution in [-0.2, 0) is 9.53 Å². The summed E-state index contributed by atoms with van der Waals surface area (Å²) in [6.07, 6.45) is 2.32. The average Bonchev–Trinajstić information content (AvgIpc) is 3.21. The second-order valence-corrected chi connectivity index (χ2v) is 6.30. The third-order valence-electron chi connectivity index (χ3n) is 4.21. The Morgan fingerprint density at radius 2 is 2.07 bits per heavy atom. The van der Waals surface area contributed by atoms with Gasteiger partial charge in [0, 0.05) is 18.4 Å². The molecule has 0 spiro atoms. The van der Waals surface area contributed by atoms with Gasteiger partial charge in [-0.2, -0.15) is 0 Å². The monoisotopic (exact) mass is 370 g/mol. The lowest BCUT2D eigenvalue weighted by Gasteiger charge is -2.14. The minimum absolute atomic E-state index is 0.146. The first-order valence-electron chi connectivity index (χ1n) is 9.34. The van der Waals surface area contributed by atoms with Gasteiger partial charge in [0.25, 0.3) is 0 Å². The summed E-state index contributed by atoms with van der Waals surface area (Å²) in [7, 11) is 0. The molecule has 1 aliphatic rings. The van der Waals surface area contributed by atoms with E-state index in [1.807, 2.05) is 55.5 Å². The Hall–Kier alpha value is -2.73. The van der Waals surface area contributed by atoms with Crippen LogP contribution in [0.4, 0.5) is 11.4 Å². The van der Waals surface area contributed by atoms with Crippen LogP contribution in [0.15, 0.2) is 48.5 Å². The van der Waals surface area contributed by atoms with Crippen molar-refractivity contribution in [2.75, 3.05) is 37.0 Å². The second-order valence-electron chi connectivity index (χ2n) is 6.30. The smallest absolute Gasteiger partial charge is 0.243 e. The van der Waals surface area contributed by atoms with Gasteiger partial charge in [0.05, 0.1) is 24.9 Å². The van der Waals surface area contributed by atoms with Gasteiger partial charge in [0.2, 0.25) is 5.91 Å². The molecule has 3 rings (SSSR count). The number of benzene rings is 2. The van der Waals surface area contributed by atoms with Crippen LogP contribution in [0.25, 0.3) is 0 Å². The van der Waals surface area contributed by atoms with Crippen LogP contribution >= 0.6 is 0 Å². The molecule has 0 radical (unpaired) electrons. The minimum Gasteiger partial charge on any atom is -0.492 e. The molecule has 6 nitrogen and oxygen atoms in total.